The van der Waals surface area contributed by atoms with Gasteiger partial charge in [-0.3, -0.25) is 0 Å². The summed E-state index contributed by atoms with van der Waals surface area (Å²) in [6.45, 7) is 3.39. The Labute approximate surface area is 116 Å². The number of rotatable bonds is 2. The molecule has 3 rings (SSSR count). The molecule has 3 N–H and O–H groups in total. The second-order valence-electron chi connectivity index (χ2n) is 4.68. The normalized spacial score (nSPS) is 15.3. The topological polar surface area (TPSA) is 67.1 Å². The molecular weight excluding hydrogens is 257 g/mol. The first-order valence-corrected chi connectivity index (χ1v) is 6.59. The third-order valence-corrected chi connectivity index (χ3v) is 3.37. The summed E-state index contributed by atoms with van der Waals surface area (Å²) in [5.41, 5.74) is 6.87. The minimum Gasteiger partial charge on any atom is -0.368 e. The number of nitrogens with zero attached hydrogens (tertiary/aromatic N) is 3. The average molecular weight is 273 g/mol. The minimum atomic E-state index is -0.280. The molecule has 0 atom stereocenters. The van der Waals surface area contributed by atoms with Gasteiger partial charge >= 0.3 is 0 Å². The lowest BCUT2D eigenvalue weighted by molar-refractivity contribution is 0.585. The third kappa shape index (κ3) is 2.42. The summed E-state index contributed by atoms with van der Waals surface area (Å²) < 4.78 is 14.0. The standard InChI is InChI=1S/C14H16FN5/c15-12-4-2-1-3-10(12)11-9-18-14(16)19-13(11)20-7-5-17-6-8-20/h1-4,9,17H,5-8H2,(H2,16,18,19). The molecule has 20 heavy (non-hydrogen) atoms. The lowest BCUT2D eigenvalue weighted by Gasteiger charge is -2.30. The van der Waals surface area contributed by atoms with Crippen molar-refractivity contribution in [3.05, 3.63) is 36.3 Å². The van der Waals surface area contributed by atoms with Crippen LogP contribution in [-0.2, 0) is 0 Å². The molecule has 0 bridgehead atoms. The predicted octanol–water partition coefficient (Wildman–Crippen LogP) is 1.27. The Morgan fingerprint density at radius 2 is 1.90 bits per heavy atom. The van der Waals surface area contributed by atoms with Crippen LogP contribution >= 0.6 is 0 Å². The van der Waals surface area contributed by atoms with E-state index in [4.69, 9.17) is 5.73 Å². The molecule has 0 amide bonds. The van der Waals surface area contributed by atoms with E-state index in [1.54, 1.807) is 24.4 Å². The first-order chi connectivity index (χ1) is 9.75. The SMILES string of the molecule is Nc1ncc(-c2ccccc2F)c(N2CCNCC2)n1. The largest absolute Gasteiger partial charge is 0.368 e. The van der Waals surface area contributed by atoms with Crippen molar-refractivity contribution in [1.82, 2.24) is 15.3 Å². The third-order valence-electron chi connectivity index (χ3n) is 3.37. The van der Waals surface area contributed by atoms with Crippen LogP contribution in [0.2, 0.25) is 0 Å². The number of hydrogen-bond donors (Lipinski definition) is 2. The highest BCUT2D eigenvalue weighted by Crippen LogP contribution is 2.30. The molecule has 5 nitrogen and oxygen atoms in total. The Morgan fingerprint density at radius 1 is 1.15 bits per heavy atom. The maximum atomic E-state index is 14.0. The second-order valence-corrected chi connectivity index (χ2v) is 4.68. The van der Waals surface area contributed by atoms with E-state index in [0.717, 1.165) is 26.2 Å². The first-order valence-electron chi connectivity index (χ1n) is 6.59. The molecule has 1 aromatic carbocycles. The lowest BCUT2D eigenvalue weighted by Crippen LogP contribution is -2.44. The lowest BCUT2D eigenvalue weighted by atomic mass is 10.1. The summed E-state index contributed by atoms with van der Waals surface area (Å²) in [7, 11) is 0. The van der Waals surface area contributed by atoms with E-state index in [9.17, 15) is 4.39 Å². The number of anilines is 2. The van der Waals surface area contributed by atoms with Crippen LogP contribution in [0.15, 0.2) is 30.5 Å². The van der Waals surface area contributed by atoms with Crippen molar-refractivity contribution in [1.29, 1.82) is 0 Å². The van der Waals surface area contributed by atoms with Crippen molar-refractivity contribution in [2.75, 3.05) is 36.8 Å². The number of nitrogens with one attached hydrogen (secondary N) is 1. The van der Waals surface area contributed by atoms with Gasteiger partial charge in [-0.15, -0.1) is 0 Å². The highest BCUT2D eigenvalue weighted by molar-refractivity contribution is 5.76. The van der Waals surface area contributed by atoms with E-state index in [1.165, 1.54) is 6.07 Å². The van der Waals surface area contributed by atoms with Crippen molar-refractivity contribution in [3.8, 4) is 11.1 Å². The van der Waals surface area contributed by atoms with Crippen LogP contribution in [0.5, 0.6) is 0 Å². The fourth-order valence-electron chi connectivity index (χ4n) is 2.37. The van der Waals surface area contributed by atoms with Gasteiger partial charge in [0.15, 0.2) is 0 Å². The van der Waals surface area contributed by atoms with Gasteiger partial charge in [0.2, 0.25) is 5.95 Å². The van der Waals surface area contributed by atoms with Crippen molar-refractivity contribution in [2.24, 2.45) is 0 Å². The van der Waals surface area contributed by atoms with Gasteiger partial charge < -0.3 is 16.0 Å². The minimum absolute atomic E-state index is 0.207. The molecule has 0 unspecified atom stereocenters. The summed E-state index contributed by atoms with van der Waals surface area (Å²) in [6, 6.07) is 6.64. The van der Waals surface area contributed by atoms with E-state index in [0.29, 0.717) is 16.9 Å². The summed E-state index contributed by atoms with van der Waals surface area (Å²) in [5.74, 6) is 0.625. The molecule has 2 heterocycles. The summed E-state index contributed by atoms with van der Waals surface area (Å²) in [6.07, 6.45) is 1.60. The molecule has 0 radical (unpaired) electrons. The zero-order valence-corrected chi connectivity index (χ0v) is 11.0. The Kier molecular flexibility index (Phi) is 3.47. The molecule has 0 saturated carbocycles. The van der Waals surface area contributed by atoms with Gasteiger partial charge in [0, 0.05) is 43.5 Å². The second kappa shape index (κ2) is 5.42. The van der Waals surface area contributed by atoms with E-state index in [1.807, 2.05) is 0 Å². The van der Waals surface area contributed by atoms with Gasteiger partial charge in [0.05, 0.1) is 0 Å². The van der Waals surface area contributed by atoms with E-state index in [-0.39, 0.29) is 11.8 Å². The number of aromatic nitrogens is 2. The maximum Gasteiger partial charge on any atom is 0.221 e. The smallest absolute Gasteiger partial charge is 0.221 e. The summed E-state index contributed by atoms with van der Waals surface area (Å²) in [4.78, 5) is 10.4. The fourth-order valence-corrected chi connectivity index (χ4v) is 2.37. The number of piperazine rings is 1. The molecule has 1 fully saturated rings. The van der Waals surface area contributed by atoms with Crippen LogP contribution < -0.4 is 16.0 Å². The van der Waals surface area contributed by atoms with Gasteiger partial charge in [0.1, 0.15) is 11.6 Å². The number of nitrogen functional groups attached to an aromatic ring is 1. The molecule has 0 spiro atoms. The van der Waals surface area contributed by atoms with Crippen LogP contribution in [0.1, 0.15) is 0 Å². The van der Waals surface area contributed by atoms with E-state index >= 15 is 0 Å². The Balaban J connectivity index is 2.08. The van der Waals surface area contributed by atoms with Crippen LogP contribution in [0.4, 0.5) is 16.2 Å². The van der Waals surface area contributed by atoms with Crippen molar-refractivity contribution in [2.45, 2.75) is 0 Å². The van der Waals surface area contributed by atoms with Gasteiger partial charge in [-0.1, -0.05) is 18.2 Å². The van der Waals surface area contributed by atoms with Gasteiger partial charge in [-0.05, 0) is 6.07 Å². The highest BCUT2D eigenvalue weighted by Gasteiger charge is 2.19. The molecule has 1 aliphatic rings. The zero-order chi connectivity index (χ0) is 13.9. The number of hydrogen-bond acceptors (Lipinski definition) is 5. The first kappa shape index (κ1) is 12.8. The predicted molar refractivity (Wildman–Crippen MR) is 76.9 cm³/mol. The van der Waals surface area contributed by atoms with Gasteiger partial charge in [-0.2, -0.15) is 4.98 Å². The molecule has 1 aromatic heterocycles. The molecule has 0 aliphatic carbocycles. The number of nitrogens with two attached hydrogens (primary N) is 1. The van der Waals surface area contributed by atoms with Crippen LogP contribution in [-0.4, -0.2) is 36.1 Å². The van der Waals surface area contributed by atoms with Crippen molar-refractivity contribution >= 4 is 11.8 Å². The van der Waals surface area contributed by atoms with Crippen LogP contribution in [0.3, 0.4) is 0 Å². The molecule has 6 heteroatoms. The summed E-state index contributed by atoms with van der Waals surface area (Å²) >= 11 is 0. The van der Waals surface area contributed by atoms with Gasteiger partial charge in [0.25, 0.3) is 0 Å². The highest BCUT2D eigenvalue weighted by atomic mass is 19.1. The Bertz CT molecular complexity index is 610. The van der Waals surface area contributed by atoms with Gasteiger partial charge in [-0.25, -0.2) is 9.37 Å². The van der Waals surface area contributed by atoms with E-state index in [2.05, 4.69) is 20.2 Å². The molecule has 104 valence electrons. The van der Waals surface area contributed by atoms with Crippen LogP contribution in [0, 0.1) is 5.82 Å². The molecular formula is C14H16FN5. The zero-order valence-electron chi connectivity index (χ0n) is 11.0. The van der Waals surface area contributed by atoms with Crippen LogP contribution in [0.25, 0.3) is 11.1 Å². The number of benzene rings is 1. The average Bonchev–Trinajstić information content (AvgIpc) is 2.49. The quantitative estimate of drug-likeness (QED) is 0.862. The van der Waals surface area contributed by atoms with E-state index < -0.39 is 0 Å². The monoisotopic (exact) mass is 273 g/mol. The summed E-state index contributed by atoms with van der Waals surface area (Å²) in [5, 5.41) is 3.28. The van der Waals surface area contributed by atoms with Crippen molar-refractivity contribution in [3.63, 3.8) is 0 Å². The Hall–Kier alpha value is -2.21. The Morgan fingerprint density at radius 3 is 2.65 bits per heavy atom. The molecule has 2 aromatic rings. The maximum absolute atomic E-state index is 14.0. The van der Waals surface area contributed by atoms with Crippen molar-refractivity contribution < 1.29 is 4.39 Å². The molecule has 1 saturated heterocycles. The fraction of sp³-hybridized carbons (Fsp3) is 0.286. The number of halogens is 1. The molecule has 1 aliphatic heterocycles.